The minimum absolute atomic E-state index is 0.0433. The Bertz CT molecular complexity index is 675. The molecule has 1 aromatic rings. The summed E-state index contributed by atoms with van der Waals surface area (Å²) in [5, 5.41) is 3.88. The van der Waals surface area contributed by atoms with Gasteiger partial charge in [-0.25, -0.2) is 0 Å². The number of likely N-dealkylation sites (tertiary alicyclic amines) is 1. The van der Waals surface area contributed by atoms with Crippen molar-refractivity contribution in [3.05, 3.63) is 34.9 Å². The van der Waals surface area contributed by atoms with Gasteiger partial charge >= 0.3 is 0 Å². The highest BCUT2D eigenvalue weighted by Gasteiger charge is 2.52. The van der Waals surface area contributed by atoms with Gasteiger partial charge < -0.3 is 15.0 Å². The predicted octanol–water partition coefficient (Wildman–Crippen LogP) is 2.42. The number of carbonyl (C=O) groups excluding carboxylic acids is 2. The standard InChI is InChI=1S/C20H25ClN2O3/c21-16-6-4-14(5-7-16)10-20(19(25)22-17-2-1-3-17)12-23(13-20)18(24)15-8-9-26-11-15/h4-7,15,17H,1-3,8-13H2,(H,22,25). The van der Waals surface area contributed by atoms with Gasteiger partial charge in [0.15, 0.2) is 0 Å². The summed E-state index contributed by atoms with van der Waals surface area (Å²) in [5.74, 6) is 0.174. The van der Waals surface area contributed by atoms with Crippen molar-refractivity contribution in [2.75, 3.05) is 26.3 Å². The van der Waals surface area contributed by atoms with Crippen molar-refractivity contribution in [2.24, 2.45) is 11.3 Å². The maximum atomic E-state index is 13.0. The number of hydrogen-bond acceptors (Lipinski definition) is 3. The van der Waals surface area contributed by atoms with E-state index in [4.69, 9.17) is 16.3 Å². The summed E-state index contributed by atoms with van der Waals surface area (Å²) in [7, 11) is 0. The van der Waals surface area contributed by atoms with Gasteiger partial charge in [-0.2, -0.15) is 0 Å². The van der Waals surface area contributed by atoms with E-state index >= 15 is 0 Å². The number of ether oxygens (including phenoxy) is 1. The molecule has 2 aliphatic heterocycles. The Morgan fingerprint density at radius 1 is 1.19 bits per heavy atom. The largest absolute Gasteiger partial charge is 0.381 e. The normalized spacial score (nSPS) is 24.7. The molecule has 0 radical (unpaired) electrons. The highest BCUT2D eigenvalue weighted by Crippen LogP contribution is 2.37. The number of halogens is 1. The average molecular weight is 377 g/mol. The Labute approximate surface area is 159 Å². The molecular formula is C20H25ClN2O3. The van der Waals surface area contributed by atoms with Crippen LogP contribution in [0, 0.1) is 11.3 Å². The van der Waals surface area contributed by atoms with E-state index in [0.29, 0.717) is 43.8 Å². The van der Waals surface area contributed by atoms with E-state index in [9.17, 15) is 9.59 Å². The van der Waals surface area contributed by atoms with Gasteiger partial charge in [-0.3, -0.25) is 9.59 Å². The van der Waals surface area contributed by atoms with Crippen LogP contribution in [0.4, 0.5) is 0 Å². The number of nitrogens with zero attached hydrogens (tertiary/aromatic N) is 1. The van der Waals surface area contributed by atoms with Gasteiger partial charge in [0.1, 0.15) is 0 Å². The molecule has 0 bridgehead atoms. The number of nitrogens with one attached hydrogen (secondary N) is 1. The summed E-state index contributed by atoms with van der Waals surface area (Å²) in [6.45, 7) is 2.14. The molecule has 0 aromatic heterocycles. The van der Waals surface area contributed by atoms with Gasteiger partial charge in [0.05, 0.1) is 17.9 Å². The Morgan fingerprint density at radius 2 is 1.92 bits per heavy atom. The molecule has 2 amide bonds. The van der Waals surface area contributed by atoms with Gasteiger partial charge in [0.25, 0.3) is 0 Å². The van der Waals surface area contributed by atoms with Gasteiger partial charge in [-0.1, -0.05) is 23.7 Å². The van der Waals surface area contributed by atoms with Crippen LogP contribution in [0.1, 0.15) is 31.2 Å². The molecule has 1 atom stereocenters. The number of rotatable bonds is 5. The zero-order valence-electron chi connectivity index (χ0n) is 14.9. The Hall–Kier alpha value is -1.59. The molecule has 1 aromatic carbocycles. The molecular weight excluding hydrogens is 352 g/mol. The van der Waals surface area contributed by atoms with E-state index in [1.165, 1.54) is 6.42 Å². The van der Waals surface area contributed by atoms with Crippen molar-refractivity contribution in [3.8, 4) is 0 Å². The van der Waals surface area contributed by atoms with Crippen LogP contribution in [-0.4, -0.2) is 49.1 Å². The minimum atomic E-state index is -0.529. The third-order valence-electron chi connectivity index (χ3n) is 5.96. The van der Waals surface area contributed by atoms with Crippen LogP contribution in [0.15, 0.2) is 24.3 Å². The second kappa shape index (κ2) is 7.20. The molecule has 3 fully saturated rings. The molecule has 1 saturated carbocycles. The summed E-state index contributed by atoms with van der Waals surface area (Å²) < 4.78 is 5.34. The van der Waals surface area contributed by atoms with Crippen molar-refractivity contribution < 1.29 is 14.3 Å². The molecule has 1 aliphatic carbocycles. The fourth-order valence-electron chi connectivity index (χ4n) is 4.05. The van der Waals surface area contributed by atoms with Gasteiger partial charge in [-0.15, -0.1) is 0 Å². The Kier molecular flexibility index (Phi) is 4.93. The van der Waals surface area contributed by atoms with Gasteiger partial charge in [0.2, 0.25) is 11.8 Å². The van der Waals surface area contributed by atoms with Crippen LogP contribution >= 0.6 is 11.6 Å². The summed E-state index contributed by atoms with van der Waals surface area (Å²) in [6.07, 6.45) is 4.72. The molecule has 6 heteroatoms. The van der Waals surface area contributed by atoms with Crippen molar-refractivity contribution in [1.29, 1.82) is 0 Å². The average Bonchev–Trinajstić information content (AvgIpc) is 3.09. The summed E-state index contributed by atoms with van der Waals surface area (Å²) in [6, 6.07) is 7.95. The van der Waals surface area contributed by atoms with E-state index in [1.54, 1.807) is 0 Å². The van der Waals surface area contributed by atoms with E-state index in [0.717, 1.165) is 24.8 Å². The fourth-order valence-corrected chi connectivity index (χ4v) is 4.17. The molecule has 5 nitrogen and oxygen atoms in total. The molecule has 26 heavy (non-hydrogen) atoms. The summed E-state index contributed by atoms with van der Waals surface area (Å²) in [5.41, 5.74) is 0.549. The molecule has 1 unspecified atom stereocenters. The van der Waals surface area contributed by atoms with E-state index in [-0.39, 0.29) is 17.7 Å². The monoisotopic (exact) mass is 376 g/mol. The first kappa shape index (κ1) is 17.8. The van der Waals surface area contributed by atoms with Crippen LogP contribution in [0.3, 0.4) is 0 Å². The minimum Gasteiger partial charge on any atom is -0.381 e. The first-order valence-corrected chi connectivity index (χ1v) is 9.85. The number of hydrogen-bond donors (Lipinski definition) is 1. The molecule has 1 N–H and O–H groups in total. The number of amides is 2. The summed E-state index contributed by atoms with van der Waals surface area (Å²) in [4.78, 5) is 27.5. The van der Waals surface area contributed by atoms with Crippen molar-refractivity contribution in [1.82, 2.24) is 10.2 Å². The Morgan fingerprint density at radius 3 is 2.50 bits per heavy atom. The SMILES string of the molecule is O=C(C1CCOC1)N1CC(Cc2ccc(Cl)cc2)(C(=O)NC2CCC2)C1. The Balaban J connectivity index is 1.46. The van der Waals surface area contributed by atoms with Crippen LogP contribution < -0.4 is 5.32 Å². The number of benzene rings is 1. The topological polar surface area (TPSA) is 58.6 Å². The van der Waals surface area contributed by atoms with E-state index in [2.05, 4.69) is 5.32 Å². The van der Waals surface area contributed by atoms with E-state index < -0.39 is 5.41 Å². The second-order valence-electron chi connectivity index (χ2n) is 7.94. The third-order valence-corrected chi connectivity index (χ3v) is 6.21. The van der Waals surface area contributed by atoms with E-state index in [1.807, 2.05) is 29.2 Å². The zero-order valence-corrected chi connectivity index (χ0v) is 15.6. The van der Waals surface area contributed by atoms with Crippen molar-refractivity contribution in [3.63, 3.8) is 0 Å². The lowest BCUT2D eigenvalue weighted by Crippen LogP contribution is -2.67. The predicted molar refractivity (Wildman–Crippen MR) is 98.9 cm³/mol. The highest BCUT2D eigenvalue weighted by atomic mass is 35.5. The second-order valence-corrected chi connectivity index (χ2v) is 8.38. The molecule has 2 saturated heterocycles. The lowest BCUT2D eigenvalue weighted by molar-refractivity contribution is -0.157. The lowest BCUT2D eigenvalue weighted by atomic mass is 9.72. The molecule has 2 heterocycles. The zero-order chi connectivity index (χ0) is 18.1. The first-order chi connectivity index (χ1) is 12.6. The molecule has 4 rings (SSSR count). The van der Waals surface area contributed by atoms with Crippen LogP contribution in [0.25, 0.3) is 0 Å². The lowest BCUT2D eigenvalue weighted by Gasteiger charge is -2.50. The van der Waals surface area contributed by atoms with Crippen LogP contribution in [0.5, 0.6) is 0 Å². The smallest absolute Gasteiger partial charge is 0.230 e. The molecule has 140 valence electrons. The molecule has 0 spiro atoms. The molecule has 3 aliphatic rings. The number of carbonyl (C=O) groups is 2. The summed E-state index contributed by atoms with van der Waals surface area (Å²) >= 11 is 5.98. The van der Waals surface area contributed by atoms with Gasteiger partial charge in [-0.05, 0) is 49.8 Å². The van der Waals surface area contributed by atoms with Crippen molar-refractivity contribution >= 4 is 23.4 Å². The third kappa shape index (κ3) is 3.47. The fraction of sp³-hybridized carbons (Fsp3) is 0.600. The maximum Gasteiger partial charge on any atom is 0.230 e. The van der Waals surface area contributed by atoms with Crippen LogP contribution in [-0.2, 0) is 20.7 Å². The van der Waals surface area contributed by atoms with Crippen molar-refractivity contribution in [2.45, 2.75) is 38.1 Å². The van der Waals surface area contributed by atoms with Crippen LogP contribution in [0.2, 0.25) is 5.02 Å². The quantitative estimate of drug-likeness (QED) is 0.858. The first-order valence-electron chi connectivity index (χ1n) is 9.48. The van der Waals surface area contributed by atoms with Gasteiger partial charge in [0, 0.05) is 30.8 Å². The highest BCUT2D eigenvalue weighted by molar-refractivity contribution is 6.30. The maximum absolute atomic E-state index is 13.0.